The quantitative estimate of drug-likeness (QED) is 0.163. The molecule has 2 nitrogen and oxygen atoms in total. The highest BCUT2D eigenvalue weighted by Crippen LogP contribution is 2.41. The second-order valence-corrected chi connectivity index (χ2v) is 12.1. The number of aromatic nitrogens is 2. The van der Waals surface area contributed by atoms with Crippen LogP contribution in [-0.4, -0.2) is 9.38 Å². The SMILES string of the molecule is C=C.Cc1cc(C)c(-c2cnc3c4c(C(C)(C)C)cccc4c4cc(-c5c(C)cccc5C)ccc4n23)c(C)c1. The average molecular weight is 525 g/mol. The zero-order valence-electron chi connectivity index (χ0n) is 25.2. The number of hydrogen-bond donors (Lipinski definition) is 0. The fourth-order valence-corrected chi connectivity index (χ4v) is 6.55. The lowest BCUT2D eigenvalue weighted by atomic mass is 9.83. The molecule has 0 aliphatic rings. The van der Waals surface area contributed by atoms with Crippen LogP contribution in [0, 0.1) is 34.6 Å². The maximum absolute atomic E-state index is 5.12. The van der Waals surface area contributed by atoms with E-state index in [2.05, 4.69) is 146 Å². The molecule has 0 spiro atoms. The van der Waals surface area contributed by atoms with Gasteiger partial charge in [0.05, 0.1) is 17.4 Å². The van der Waals surface area contributed by atoms with E-state index in [1.807, 2.05) is 0 Å². The highest BCUT2D eigenvalue weighted by atomic mass is 15.0. The van der Waals surface area contributed by atoms with E-state index < -0.39 is 0 Å². The smallest absolute Gasteiger partial charge is 0.145 e. The second kappa shape index (κ2) is 10.1. The Kier molecular flexibility index (Phi) is 6.92. The van der Waals surface area contributed by atoms with Gasteiger partial charge in [-0.1, -0.05) is 80.9 Å². The summed E-state index contributed by atoms with van der Waals surface area (Å²) in [5.41, 5.74) is 15.0. The molecule has 4 aromatic carbocycles. The van der Waals surface area contributed by atoms with Gasteiger partial charge in [-0.25, -0.2) is 4.98 Å². The van der Waals surface area contributed by atoms with Gasteiger partial charge in [0.25, 0.3) is 0 Å². The molecule has 6 aromatic rings. The number of fused-ring (bicyclic) bond motifs is 6. The maximum atomic E-state index is 5.12. The first kappa shape index (κ1) is 27.4. The molecular formula is C38H40N2. The van der Waals surface area contributed by atoms with Crippen LogP contribution in [0.3, 0.4) is 0 Å². The summed E-state index contributed by atoms with van der Waals surface area (Å²) in [5, 5.41) is 3.78. The highest BCUT2D eigenvalue weighted by Gasteiger charge is 2.23. The summed E-state index contributed by atoms with van der Waals surface area (Å²) in [4.78, 5) is 5.12. The Morgan fingerprint density at radius 2 is 1.30 bits per heavy atom. The van der Waals surface area contributed by atoms with E-state index in [4.69, 9.17) is 4.98 Å². The summed E-state index contributed by atoms with van der Waals surface area (Å²) in [7, 11) is 0. The molecule has 0 amide bonds. The molecule has 0 saturated heterocycles. The average Bonchev–Trinajstić information content (AvgIpc) is 3.33. The third-order valence-corrected chi connectivity index (χ3v) is 8.09. The number of rotatable bonds is 2. The van der Waals surface area contributed by atoms with Crippen LogP contribution in [0.4, 0.5) is 0 Å². The predicted octanol–water partition coefficient (Wildman–Crippen LogP) is 10.6. The third-order valence-electron chi connectivity index (χ3n) is 8.09. The molecule has 0 unspecified atom stereocenters. The van der Waals surface area contributed by atoms with Crippen molar-refractivity contribution in [3.8, 4) is 22.4 Å². The summed E-state index contributed by atoms with van der Waals surface area (Å²) < 4.78 is 2.41. The van der Waals surface area contributed by atoms with E-state index in [-0.39, 0.29) is 5.41 Å². The minimum Gasteiger partial charge on any atom is -0.292 e. The Balaban J connectivity index is 0.00000158. The Morgan fingerprint density at radius 1 is 0.675 bits per heavy atom. The Labute approximate surface area is 239 Å². The van der Waals surface area contributed by atoms with Crippen molar-refractivity contribution in [3.05, 3.63) is 119 Å². The van der Waals surface area contributed by atoms with Crippen molar-refractivity contribution in [3.63, 3.8) is 0 Å². The van der Waals surface area contributed by atoms with Crippen molar-refractivity contribution in [2.24, 2.45) is 0 Å². The van der Waals surface area contributed by atoms with E-state index in [1.165, 1.54) is 71.7 Å². The van der Waals surface area contributed by atoms with Crippen LogP contribution >= 0.6 is 0 Å². The predicted molar refractivity (Wildman–Crippen MR) is 175 cm³/mol. The van der Waals surface area contributed by atoms with Crippen LogP contribution in [0.15, 0.2) is 86.1 Å². The van der Waals surface area contributed by atoms with E-state index in [0.717, 1.165) is 11.3 Å². The first-order valence-corrected chi connectivity index (χ1v) is 14.1. The summed E-state index contributed by atoms with van der Waals surface area (Å²) in [6, 6.07) is 24.9. The van der Waals surface area contributed by atoms with E-state index in [0.29, 0.717) is 0 Å². The van der Waals surface area contributed by atoms with Gasteiger partial charge in [0.15, 0.2) is 0 Å². The van der Waals surface area contributed by atoms with Gasteiger partial charge < -0.3 is 0 Å². The number of aryl methyl sites for hydroxylation is 5. The van der Waals surface area contributed by atoms with Crippen LogP contribution in [0.2, 0.25) is 0 Å². The third kappa shape index (κ3) is 4.32. The van der Waals surface area contributed by atoms with Gasteiger partial charge in [0, 0.05) is 16.3 Å². The molecule has 0 N–H and O–H groups in total. The number of imidazole rings is 1. The van der Waals surface area contributed by atoms with E-state index in [1.54, 1.807) is 0 Å². The van der Waals surface area contributed by atoms with Crippen molar-refractivity contribution >= 4 is 27.3 Å². The van der Waals surface area contributed by atoms with Gasteiger partial charge in [-0.3, -0.25) is 4.40 Å². The van der Waals surface area contributed by atoms with Gasteiger partial charge in [0.1, 0.15) is 5.65 Å². The summed E-state index contributed by atoms with van der Waals surface area (Å²) in [6.45, 7) is 23.9. The zero-order chi connectivity index (χ0) is 28.9. The van der Waals surface area contributed by atoms with Gasteiger partial charge >= 0.3 is 0 Å². The molecule has 2 heterocycles. The van der Waals surface area contributed by atoms with Gasteiger partial charge in [-0.2, -0.15) is 0 Å². The number of nitrogens with zero attached hydrogens (tertiary/aromatic N) is 2. The van der Waals surface area contributed by atoms with Crippen molar-refractivity contribution in [2.45, 2.75) is 60.8 Å². The van der Waals surface area contributed by atoms with Crippen LogP contribution in [-0.2, 0) is 5.41 Å². The van der Waals surface area contributed by atoms with Gasteiger partial charge in [-0.15, -0.1) is 13.2 Å². The molecule has 0 saturated carbocycles. The first-order chi connectivity index (χ1) is 19.1. The lowest BCUT2D eigenvalue weighted by Crippen LogP contribution is -2.12. The zero-order valence-corrected chi connectivity index (χ0v) is 25.2. The summed E-state index contributed by atoms with van der Waals surface area (Å²) >= 11 is 0. The first-order valence-electron chi connectivity index (χ1n) is 14.1. The Hall–Kier alpha value is -4.17. The lowest BCUT2D eigenvalue weighted by molar-refractivity contribution is 0.596. The second-order valence-electron chi connectivity index (χ2n) is 12.1. The van der Waals surface area contributed by atoms with Gasteiger partial charge in [0.2, 0.25) is 0 Å². The van der Waals surface area contributed by atoms with Crippen molar-refractivity contribution < 1.29 is 0 Å². The molecule has 2 aromatic heterocycles. The number of hydrogen-bond acceptors (Lipinski definition) is 1. The minimum absolute atomic E-state index is 0.0142. The van der Waals surface area contributed by atoms with Crippen LogP contribution < -0.4 is 0 Å². The van der Waals surface area contributed by atoms with Gasteiger partial charge in [-0.05, 0) is 96.5 Å². The van der Waals surface area contributed by atoms with Crippen molar-refractivity contribution in [2.75, 3.05) is 0 Å². The highest BCUT2D eigenvalue weighted by molar-refractivity contribution is 6.14. The molecule has 202 valence electrons. The lowest BCUT2D eigenvalue weighted by Gasteiger charge is -2.23. The molecule has 0 bridgehead atoms. The van der Waals surface area contributed by atoms with Crippen LogP contribution in [0.1, 0.15) is 54.2 Å². The van der Waals surface area contributed by atoms with Crippen LogP contribution in [0.25, 0.3) is 49.7 Å². The normalized spacial score (nSPS) is 11.7. The largest absolute Gasteiger partial charge is 0.292 e. The number of pyridine rings is 1. The van der Waals surface area contributed by atoms with Crippen LogP contribution in [0.5, 0.6) is 0 Å². The Bertz CT molecular complexity index is 1870. The molecule has 40 heavy (non-hydrogen) atoms. The maximum Gasteiger partial charge on any atom is 0.145 e. The molecule has 0 atom stereocenters. The molecule has 6 rings (SSSR count). The monoisotopic (exact) mass is 524 g/mol. The van der Waals surface area contributed by atoms with Crippen molar-refractivity contribution in [1.29, 1.82) is 0 Å². The molecule has 0 aliphatic heterocycles. The van der Waals surface area contributed by atoms with Crippen molar-refractivity contribution in [1.82, 2.24) is 9.38 Å². The molecular weight excluding hydrogens is 484 g/mol. The molecule has 0 aliphatic carbocycles. The molecule has 0 fully saturated rings. The molecule has 0 radical (unpaired) electrons. The summed E-state index contributed by atoms with van der Waals surface area (Å²) in [6.07, 6.45) is 2.08. The molecule has 2 heteroatoms. The fraction of sp³-hybridized carbons (Fsp3) is 0.237. The van der Waals surface area contributed by atoms with E-state index >= 15 is 0 Å². The Morgan fingerprint density at radius 3 is 1.93 bits per heavy atom. The topological polar surface area (TPSA) is 17.3 Å². The summed E-state index contributed by atoms with van der Waals surface area (Å²) in [5.74, 6) is 0. The standard InChI is InChI=1S/C36H36N2.C2H4/c1-21-17-24(4)33(25(5)18-21)31-20-37-35-34-27(13-10-14-29(34)36(6,7)8)28-19-26(15-16-30(28)38(31)35)32-22(2)11-9-12-23(32)3;1-2/h9-20H,1-8H3;1-2H2. The minimum atomic E-state index is -0.0142. The van der Waals surface area contributed by atoms with E-state index in [9.17, 15) is 0 Å². The number of benzene rings is 4. The fourth-order valence-electron chi connectivity index (χ4n) is 6.55.